The van der Waals surface area contributed by atoms with Crippen LogP contribution in [0.15, 0.2) is 23.4 Å². The molecule has 2 fully saturated rings. The van der Waals surface area contributed by atoms with E-state index in [1.54, 1.807) is 28.9 Å². The first kappa shape index (κ1) is 21.7. The molecule has 0 radical (unpaired) electrons. The molecule has 2 aromatic heterocycles. The van der Waals surface area contributed by atoms with Gasteiger partial charge in [-0.3, -0.25) is 9.48 Å². The predicted molar refractivity (Wildman–Crippen MR) is 116 cm³/mol. The van der Waals surface area contributed by atoms with Crippen LogP contribution in [0.4, 0.5) is 5.95 Å². The third-order valence-corrected chi connectivity index (χ3v) is 7.17. The number of piperazine rings is 1. The first-order chi connectivity index (χ1) is 14.7. The normalized spacial score (nSPS) is 19.1. The van der Waals surface area contributed by atoms with Crippen molar-refractivity contribution in [3.63, 3.8) is 0 Å². The molecule has 11 heteroatoms. The van der Waals surface area contributed by atoms with E-state index in [9.17, 15) is 13.2 Å². The number of amides is 1. The first-order valence-electron chi connectivity index (χ1n) is 10.5. The minimum Gasteiger partial charge on any atom is -0.338 e. The SMILES string of the molecule is CN1CCN(c2ncc(S(C)(=O)=O)c(C3CCN(C(=O)c4ccn(C)n4)CC3)n2)CC1. The minimum absolute atomic E-state index is 0.0354. The summed E-state index contributed by atoms with van der Waals surface area (Å²) in [5.74, 6) is 0.456. The van der Waals surface area contributed by atoms with E-state index in [4.69, 9.17) is 4.98 Å². The largest absolute Gasteiger partial charge is 0.338 e. The molecule has 0 N–H and O–H groups in total. The molecule has 4 rings (SSSR count). The van der Waals surface area contributed by atoms with Crippen LogP contribution in [-0.2, 0) is 16.9 Å². The van der Waals surface area contributed by atoms with Gasteiger partial charge in [0.1, 0.15) is 10.6 Å². The molecule has 2 aliphatic rings. The summed E-state index contributed by atoms with van der Waals surface area (Å²) in [7, 11) is 0.406. The number of hydrogen-bond donors (Lipinski definition) is 0. The Morgan fingerprint density at radius 1 is 1.06 bits per heavy atom. The number of anilines is 1. The smallest absolute Gasteiger partial charge is 0.274 e. The predicted octanol–water partition coefficient (Wildman–Crippen LogP) is 0.385. The Labute approximate surface area is 182 Å². The lowest BCUT2D eigenvalue weighted by Crippen LogP contribution is -2.45. The number of nitrogens with zero attached hydrogens (tertiary/aromatic N) is 7. The number of sulfone groups is 1. The van der Waals surface area contributed by atoms with Gasteiger partial charge in [0.25, 0.3) is 5.91 Å². The zero-order valence-electron chi connectivity index (χ0n) is 18.2. The van der Waals surface area contributed by atoms with Gasteiger partial charge < -0.3 is 14.7 Å². The van der Waals surface area contributed by atoms with Gasteiger partial charge in [0.05, 0.1) is 11.9 Å². The summed E-state index contributed by atoms with van der Waals surface area (Å²) in [6, 6.07) is 1.71. The fraction of sp³-hybridized carbons (Fsp3) is 0.600. The summed E-state index contributed by atoms with van der Waals surface area (Å²) < 4.78 is 26.4. The molecule has 10 nitrogen and oxygen atoms in total. The molecule has 31 heavy (non-hydrogen) atoms. The van der Waals surface area contributed by atoms with E-state index < -0.39 is 9.84 Å². The van der Waals surface area contributed by atoms with Crippen molar-refractivity contribution in [2.75, 3.05) is 57.5 Å². The van der Waals surface area contributed by atoms with E-state index in [0.717, 1.165) is 26.2 Å². The van der Waals surface area contributed by atoms with Gasteiger partial charge in [-0.15, -0.1) is 0 Å². The number of aryl methyl sites for hydroxylation is 1. The van der Waals surface area contributed by atoms with Crippen molar-refractivity contribution in [1.29, 1.82) is 0 Å². The number of likely N-dealkylation sites (tertiary alicyclic amines) is 1. The van der Waals surface area contributed by atoms with Crippen LogP contribution in [-0.4, -0.2) is 96.4 Å². The molecular formula is C20H29N7O3S. The minimum atomic E-state index is -3.45. The molecule has 0 unspecified atom stereocenters. The van der Waals surface area contributed by atoms with Crippen molar-refractivity contribution in [2.45, 2.75) is 23.7 Å². The molecule has 168 valence electrons. The molecule has 0 spiro atoms. The maximum atomic E-state index is 12.7. The highest BCUT2D eigenvalue weighted by atomic mass is 32.2. The number of rotatable bonds is 4. The summed E-state index contributed by atoms with van der Waals surface area (Å²) in [5.41, 5.74) is 1.01. The second-order valence-electron chi connectivity index (χ2n) is 8.42. The van der Waals surface area contributed by atoms with E-state index in [1.807, 2.05) is 0 Å². The van der Waals surface area contributed by atoms with Crippen molar-refractivity contribution >= 4 is 21.7 Å². The van der Waals surface area contributed by atoms with Gasteiger partial charge in [-0.05, 0) is 26.0 Å². The zero-order chi connectivity index (χ0) is 22.2. The monoisotopic (exact) mass is 447 g/mol. The lowest BCUT2D eigenvalue weighted by Gasteiger charge is -2.34. The topological polar surface area (TPSA) is 105 Å². The highest BCUT2D eigenvalue weighted by Crippen LogP contribution is 2.32. The van der Waals surface area contributed by atoms with Gasteiger partial charge in [0, 0.05) is 64.7 Å². The summed E-state index contributed by atoms with van der Waals surface area (Å²) in [6.45, 7) is 4.53. The van der Waals surface area contributed by atoms with Crippen LogP contribution in [0, 0.1) is 0 Å². The number of carbonyl (C=O) groups is 1. The van der Waals surface area contributed by atoms with E-state index in [1.165, 1.54) is 12.5 Å². The Balaban J connectivity index is 1.54. The number of hydrogen-bond acceptors (Lipinski definition) is 8. The third kappa shape index (κ3) is 4.72. The van der Waals surface area contributed by atoms with Crippen molar-refractivity contribution in [1.82, 2.24) is 29.5 Å². The molecule has 0 bridgehead atoms. The standard InChI is InChI=1S/C20H29N7O3S/c1-24-10-12-27(13-11-24)20-21-14-17(31(3,29)30)18(22-20)15-4-8-26(9-5-15)19(28)16-6-7-25(2)23-16/h6-7,14-15H,4-5,8-13H2,1-3H3. The van der Waals surface area contributed by atoms with Crippen LogP contribution in [0.5, 0.6) is 0 Å². The van der Waals surface area contributed by atoms with Crippen LogP contribution in [0.1, 0.15) is 34.9 Å². The molecule has 4 heterocycles. The van der Waals surface area contributed by atoms with Crippen molar-refractivity contribution in [3.8, 4) is 0 Å². The molecule has 0 atom stereocenters. The van der Waals surface area contributed by atoms with Gasteiger partial charge in [0.15, 0.2) is 9.84 Å². The van der Waals surface area contributed by atoms with Crippen LogP contribution in [0.2, 0.25) is 0 Å². The average Bonchev–Trinajstić information content (AvgIpc) is 3.19. The molecule has 2 aliphatic heterocycles. The second kappa shape index (κ2) is 8.54. The highest BCUT2D eigenvalue weighted by molar-refractivity contribution is 7.90. The van der Waals surface area contributed by atoms with Crippen LogP contribution < -0.4 is 4.90 Å². The van der Waals surface area contributed by atoms with E-state index in [0.29, 0.717) is 43.3 Å². The number of piperidine rings is 1. The van der Waals surface area contributed by atoms with E-state index in [-0.39, 0.29) is 16.7 Å². The Hall–Kier alpha value is -2.53. The third-order valence-electron chi connectivity index (χ3n) is 6.06. The average molecular weight is 448 g/mol. The first-order valence-corrected chi connectivity index (χ1v) is 12.4. The molecular weight excluding hydrogens is 418 g/mol. The summed E-state index contributed by atoms with van der Waals surface area (Å²) in [6.07, 6.45) is 5.71. The van der Waals surface area contributed by atoms with Crippen LogP contribution >= 0.6 is 0 Å². The molecule has 1 amide bonds. The fourth-order valence-electron chi connectivity index (χ4n) is 4.16. The molecule has 0 aliphatic carbocycles. The quantitative estimate of drug-likeness (QED) is 0.663. The fourth-order valence-corrected chi connectivity index (χ4v) is 4.99. The van der Waals surface area contributed by atoms with Crippen LogP contribution in [0.25, 0.3) is 0 Å². The maximum Gasteiger partial charge on any atom is 0.274 e. The maximum absolute atomic E-state index is 12.7. The number of carbonyl (C=O) groups excluding carboxylic acids is 1. The summed E-state index contributed by atoms with van der Waals surface area (Å²) >= 11 is 0. The molecule has 2 aromatic rings. The Kier molecular flexibility index (Phi) is 5.98. The summed E-state index contributed by atoms with van der Waals surface area (Å²) in [5, 5.41) is 4.19. The molecule has 0 saturated carbocycles. The van der Waals surface area contributed by atoms with Gasteiger partial charge in [-0.1, -0.05) is 0 Å². The van der Waals surface area contributed by atoms with Gasteiger partial charge in [0.2, 0.25) is 5.95 Å². The lowest BCUT2D eigenvalue weighted by atomic mass is 9.93. The van der Waals surface area contributed by atoms with Gasteiger partial charge in [-0.2, -0.15) is 5.10 Å². The molecule has 0 aromatic carbocycles. The van der Waals surface area contributed by atoms with Crippen molar-refractivity contribution < 1.29 is 13.2 Å². The van der Waals surface area contributed by atoms with Crippen molar-refractivity contribution in [3.05, 3.63) is 29.8 Å². The highest BCUT2D eigenvalue weighted by Gasteiger charge is 2.31. The van der Waals surface area contributed by atoms with Crippen molar-refractivity contribution in [2.24, 2.45) is 7.05 Å². The zero-order valence-corrected chi connectivity index (χ0v) is 19.0. The summed E-state index contributed by atoms with van der Waals surface area (Å²) in [4.78, 5) is 28.1. The second-order valence-corrected chi connectivity index (χ2v) is 10.4. The van der Waals surface area contributed by atoms with Gasteiger partial charge >= 0.3 is 0 Å². The van der Waals surface area contributed by atoms with Gasteiger partial charge in [-0.25, -0.2) is 18.4 Å². The number of likely N-dealkylation sites (N-methyl/N-ethyl adjacent to an activating group) is 1. The Bertz CT molecular complexity index is 1050. The van der Waals surface area contributed by atoms with Crippen LogP contribution in [0.3, 0.4) is 0 Å². The Morgan fingerprint density at radius 3 is 2.32 bits per heavy atom. The number of aromatic nitrogens is 4. The van der Waals surface area contributed by atoms with E-state index in [2.05, 4.69) is 26.9 Å². The molecule has 2 saturated heterocycles. The van der Waals surface area contributed by atoms with E-state index >= 15 is 0 Å². The Morgan fingerprint density at radius 2 is 1.74 bits per heavy atom. The lowest BCUT2D eigenvalue weighted by molar-refractivity contribution is 0.0704.